The molecule has 5 heteroatoms. The van der Waals surface area contributed by atoms with Gasteiger partial charge in [-0.2, -0.15) is 0 Å². The fourth-order valence-corrected chi connectivity index (χ4v) is 2.62. The third kappa shape index (κ3) is 1.94. The summed E-state index contributed by atoms with van der Waals surface area (Å²) >= 11 is 6.25. The van der Waals surface area contributed by atoms with Crippen molar-refractivity contribution in [3.05, 3.63) is 53.3 Å². The average Bonchev–Trinajstić information content (AvgIpc) is 2.74. The van der Waals surface area contributed by atoms with Crippen molar-refractivity contribution in [2.45, 2.75) is 13.0 Å². The van der Waals surface area contributed by atoms with Crippen LogP contribution in [0.4, 0.5) is 5.95 Å². The van der Waals surface area contributed by atoms with E-state index in [0.29, 0.717) is 5.95 Å². The predicted molar refractivity (Wildman–Crippen MR) is 77.2 cm³/mol. The highest BCUT2D eigenvalue weighted by molar-refractivity contribution is 6.31. The van der Waals surface area contributed by atoms with Crippen LogP contribution in [0.1, 0.15) is 18.5 Å². The van der Waals surface area contributed by atoms with Crippen LogP contribution in [0.15, 0.2) is 42.7 Å². The van der Waals surface area contributed by atoms with E-state index >= 15 is 0 Å². The van der Waals surface area contributed by atoms with E-state index in [9.17, 15) is 0 Å². The minimum absolute atomic E-state index is 0.0149. The number of anilines is 1. The predicted octanol–water partition coefficient (Wildman–Crippen LogP) is 3.28. The van der Waals surface area contributed by atoms with Crippen LogP contribution in [-0.2, 0) is 0 Å². The van der Waals surface area contributed by atoms with E-state index in [-0.39, 0.29) is 6.04 Å². The summed E-state index contributed by atoms with van der Waals surface area (Å²) in [5.41, 5.74) is 8.79. The standard InChI is InChI=1S/C14H13ClN4/c1-9(10-4-2-3-5-11(10)15)19-13-6-7-17-8-12(13)18-14(19)16/h2-9H,1H3,(H2,16,18). The molecule has 0 saturated heterocycles. The van der Waals surface area contributed by atoms with Crippen LogP contribution in [0.3, 0.4) is 0 Å². The van der Waals surface area contributed by atoms with Crippen LogP contribution in [0.2, 0.25) is 5.02 Å². The zero-order chi connectivity index (χ0) is 13.4. The Kier molecular flexibility index (Phi) is 2.87. The highest BCUT2D eigenvalue weighted by atomic mass is 35.5. The summed E-state index contributed by atoms with van der Waals surface area (Å²) in [5, 5.41) is 0.727. The van der Waals surface area contributed by atoms with Crippen molar-refractivity contribution in [2.75, 3.05) is 5.73 Å². The van der Waals surface area contributed by atoms with Crippen LogP contribution < -0.4 is 5.73 Å². The van der Waals surface area contributed by atoms with Gasteiger partial charge in [-0.1, -0.05) is 29.8 Å². The van der Waals surface area contributed by atoms with Gasteiger partial charge < -0.3 is 10.3 Å². The topological polar surface area (TPSA) is 56.7 Å². The zero-order valence-electron chi connectivity index (χ0n) is 10.4. The monoisotopic (exact) mass is 272 g/mol. The molecule has 2 aromatic heterocycles. The Morgan fingerprint density at radius 2 is 2.05 bits per heavy atom. The second-order valence-electron chi connectivity index (χ2n) is 4.40. The number of hydrogen-bond acceptors (Lipinski definition) is 3. The van der Waals surface area contributed by atoms with Gasteiger partial charge in [-0.3, -0.25) is 4.98 Å². The molecule has 0 amide bonds. The normalized spacial score (nSPS) is 12.7. The van der Waals surface area contributed by atoms with Gasteiger partial charge in [-0.25, -0.2) is 4.98 Å². The summed E-state index contributed by atoms with van der Waals surface area (Å²) < 4.78 is 1.97. The molecule has 3 rings (SSSR count). The second kappa shape index (κ2) is 4.55. The lowest BCUT2D eigenvalue weighted by molar-refractivity contribution is 0.668. The number of imidazole rings is 1. The average molecular weight is 273 g/mol. The summed E-state index contributed by atoms with van der Waals surface area (Å²) in [7, 11) is 0. The van der Waals surface area contributed by atoms with Crippen molar-refractivity contribution in [2.24, 2.45) is 0 Å². The van der Waals surface area contributed by atoms with E-state index in [0.717, 1.165) is 21.6 Å². The molecule has 0 aliphatic carbocycles. The van der Waals surface area contributed by atoms with Crippen LogP contribution in [0.5, 0.6) is 0 Å². The largest absolute Gasteiger partial charge is 0.369 e. The van der Waals surface area contributed by atoms with E-state index in [1.165, 1.54) is 0 Å². The Bertz CT molecular complexity index is 735. The lowest BCUT2D eigenvalue weighted by Crippen LogP contribution is -2.10. The van der Waals surface area contributed by atoms with E-state index in [4.69, 9.17) is 17.3 Å². The molecule has 0 bridgehead atoms. The van der Waals surface area contributed by atoms with Gasteiger partial charge in [0.1, 0.15) is 5.52 Å². The number of pyridine rings is 1. The smallest absolute Gasteiger partial charge is 0.201 e. The van der Waals surface area contributed by atoms with Crippen LogP contribution >= 0.6 is 11.6 Å². The first-order valence-corrected chi connectivity index (χ1v) is 6.38. The van der Waals surface area contributed by atoms with Gasteiger partial charge in [0.15, 0.2) is 0 Å². The Morgan fingerprint density at radius 3 is 2.84 bits per heavy atom. The molecule has 3 aromatic rings. The van der Waals surface area contributed by atoms with Crippen molar-refractivity contribution in [1.29, 1.82) is 0 Å². The van der Waals surface area contributed by atoms with E-state index < -0.39 is 0 Å². The van der Waals surface area contributed by atoms with Crippen LogP contribution in [0, 0.1) is 0 Å². The van der Waals surface area contributed by atoms with Crippen molar-refractivity contribution in [3.8, 4) is 0 Å². The van der Waals surface area contributed by atoms with Gasteiger partial charge in [-0.05, 0) is 24.6 Å². The molecule has 0 radical (unpaired) electrons. The lowest BCUT2D eigenvalue weighted by Gasteiger charge is -2.17. The van der Waals surface area contributed by atoms with Crippen LogP contribution in [-0.4, -0.2) is 14.5 Å². The van der Waals surface area contributed by atoms with Gasteiger partial charge in [0.25, 0.3) is 0 Å². The maximum atomic E-state index is 6.25. The maximum Gasteiger partial charge on any atom is 0.201 e. The molecular weight excluding hydrogens is 260 g/mol. The number of aromatic nitrogens is 3. The second-order valence-corrected chi connectivity index (χ2v) is 4.81. The van der Waals surface area contributed by atoms with Crippen LogP contribution in [0.25, 0.3) is 11.0 Å². The minimum atomic E-state index is 0.0149. The fraction of sp³-hybridized carbons (Fsp3) is 0.143. The van der Waals surface area contributed by atoms with Crippen molar-refractivity contribution < 1.29 is 0 Å². The quantitative estimate of drug-likeness (QED) is 0.779. The van der Waals surface area contributed by atoms with Gasteiger partial charge >= 0.3 is 0 Å². The Balaban J connectivity index is 2.19. The molecule has 0 aliphatic rings. The van der Waals surface area contributed by atoms with Gasteiger partial charge in [0.2, 0.25) is 5.95 Å². The molecule has 0 spiro atoms. The van der Waals surface area contributed by atoms with E-state index in [1.54, 1.807) is 12.4 Å². The molecule has 2 N–H and O–H groups in total. The molecule has 19 heavy (non-hydrogen) atoms. The molecule has 0 aliphatic heterocycles. The Hall–Kier alpha value is -2.07. The summed E-state index contributed by atoms with van der Waals surface area (Å²) in [5.74, 6) is 0.468. The van der Waals surface area contributed by atoms with Crippen molar-refractivity contribution >= 4 is 28.6 Å². The third-order valence-corrected chi connectivity index (χ3v) is 3.61. The minimum Gasteiger partial charge on any atom is -0.369 e. The number of nitrogens with two attached hydrogens (primary N) is 1. The first kappa shape index (κ1) is 12.0. The summed E-state index contributed by atoms with van der Waals surface area (Å²) in [6.07, 6.45) is 3.45. The van der Waals surface area contributed by atoms with Gasteiger partial charge in [0.05, 0.1) is 17.8 Å². The third-order valence-electron chi connectivity index (χ3n) is 3.26. The maximum absolute atomic E-state index is 6.25. The first-order chi connectivity index (χ1) is 9.18. The fourth-order valence-electron chi connectivity index (χ4n) is 2.33. The summed E-state index contributed by atoms with van der Waals surface area (Å²) in [4.78, 5) is 8.38. The first-order valence-electron chi connectivity index (χ1n) is 6.00. The number of hydrogen-bond donors (Lipinski definition) is 1. The van der Waals surface area contributed by atoms with E-state index in [2.05, 4.69) is 16.9 Å². The van der Waals surface area contributed by atoms with Gasteiger partial charge in [-0.15, -0.1) is 0 Å². The molecule has 1 unspecified atom stereocenters. The molecule has 1 atom stereocenters. The molecular formula is C14H13ClN4. The highest BCUT2D eigenvalue weighted by Gasteiger charge is 2.17. The Labute approximate surface area is 115 Å². The molecule has 2 heterocycles. The summed E-state index contributed by atoms with van der Waals surface area (Å²) in [6.45, 7) is 2.05. The number of halogens is 1. The number of nitrogen functional groups attached to an aromatic ring is 1. The highest BCUT2D eigenvalue weighted by Crippen LogP contribution is 2.30. The van der Waals surface area contributed by atoms with Crippen molar-refractivity contribution in [1.82, 2.24) is 14.5 Å². The van der Waals surface area contributed by atoms with Gasteiger partial charge in [0, 0.05) is 11.2 Å². The molecule has 4 nitrogen and oxygen atoms in total. The zero-order valence-corrected chi connectivity index (χ0v) is 11.2. The number of nitrogens with zero attached hydrogens (tertiary/aromatic N) is 3. The van der Waals surface area contributed by atoms with Crippen molar-refractivity contribution in [3.63, 3.8) is 0 Å². The molecule has 0 fully saturated rings. The number of fused-ring (bicyclic) bond motifs is 1. The van der Waals surface area contributed by atoms with E-state index in [1.807, 2.05) is 34.9 Å². The molecule has 0 saturated carbocycles. The summed E-state index contributed by atoms with van der Waals surface area (Å²) in [6, 6.07) is 9.68. The number of benzene rings is 1. The Morgan fingerprint density at radius 1 is 1.26 bits per heavy atom. The SMILES string of the molecule is CC(c1ccccc1Cl)n1c(N)nc2cnccc21. The molecule has 96 valence electrons. The lowest BCUT2D eigenvalue weighted by atomic mass is 10.1. The molecule has 1 aromatic carbocycles. The number of rotatable bonds is 2.